The Kier molecular flexibility index (Phi) is 4.20. The summed E-state index contributed by atoms with van der Waals surface area (Å²) < 4.78 is 1.04. The van der Waals surface area contributed by atoms with E-state index < -0.39 is 0 Å². The average Bonchev–Trinajstić information content (AvgIpc) is 2.37. The topological polar surface area (TPSA) is 42.9 Å². The van der Waals surface area contributed by atoms with Gasteiger partial charge in [-0.25, -0.2) is 9.97 Å². The summed E-state index contributed by atoms with van der Waals surface area (Å²) in [5.74, 6) is 0.873. The second-order valence-corrected chi connectivity index (χ2v) is 4.98. The highest BCUT2D eigenvalue weighted by Crippen LogP contribution is 2.19. The van der Waals surface area contributed by atoms with Gasteiger partial charge in [-0.05, 0) is 25.1 Å². The lowest BCUT2D eigenvalue weighted by Gasteiger charge is -2.03. The minimum Gasteiger partial charge on any atom is -0.300 e. The Hall–Kier alpha value is -1.55. The number of carbonyl (C=O) groups is 1. The number of carbonyl (C=O) groups excluding carboxylic acids is 1. The van der Waals surface area contributed by atoms with Gasteiger partial charge in [0.1, 0.15) is 11.6 Å². The van der Waals surface area contributed by atoms with Crippen molar-refractivity contribution in [1.29, 1.82) is 0 Å². The predicted molar refractivity (Wildman–Crippen MR) is 74.2 cm³/mol. The smallest absolute Gasteiger partial charge is 0.130 e. The molecule has 0 saturated heterocycles. The summed E-state index contributed by atoms with van der Waals surface area (Å²) in [6, 6.07) is 9.84. The van der Waals surface area contributed by atoms with Crippen LogP contribution in [0, 0.1) is 0 Å². The number of Topliss-reactive ketones (excluding diaryl/α,β-unsaturated/α-hetero) is 1. The molecule has 0 fully saturated rings. The zero-order valence-corrected chi connectivity index (χ0v) is 11.6. The third kappa shape index (κ3) is 3.47. The Labute approximate surface area is 114 Å². The van der Waals surface area contributed by atoms with E-state index in [0.717, 1.165) is 15.7 Å². The lowest BCUT2D eigenvalue weighted by atomic mass is 10.1. The molecule has 4 heteroatoms. The maximum absolute atomic E-state index is 10.9. The van der Waals surface area contributed by atoms with Crippen molar-refractivity contribution in [2.75, 3.05) is 0 Å². The van der Waals surface area contributed by atoms with Crippen molar-refractivity contribution < 1.29 is 4.79 Å². The van der Waals surface area contributed by atoms with Gasteiger partial charge in [-0.3, -0.25) is 0 Å². The Balaban J connectivity index is 2.21. The van der Waals surface area contributed by atoms with Gasteiger partial charge in [-0.2, -0.15) is 0 Å². The van der Waals surface area contributed by atoms with E-state index in [0.29, 0.717) is 18.7 Å². The van der Waals surface area contributed by atoms with Crippen molar-refractivity contribution in [3.63, 3.8) is 0 Å². The first-order valence-corrected chi connectivity index (χ1v) is 6.52. The minimum absolute atomic E-state index is 0.160. The molecule has 3 nitrogen and oxygen atoms in total. The molecular weight excluding hydrogens is 292 g/mol. The molecule has 92 valence electrons. The average molecular weight is 305 g/mol. The van der Waals surface area contributed by atoms with Crippen LogP contribution in [0.1, 0.15) is 19.2 Å². The van der Waals surface area contributed by atoms with Crippen molar-refractivity contribution in [3.8, 4) is 11.3 Å². The lowest BCUT2D eigenvalue weighted by Crippen LogP contribution is -2.00. The van der Waals surface area contributed by atoms with Crippen LogP contribution in [-0.2, 0) is 11.2 Å². The molecule has 0 aliphatic heterocycles. The molecule has 0 N–H and O–H groups in total. The van der Waals surface area contributed by atoms with Gasteiger partial charge in [0.05, 0.1) is 5.69 Å². The van der Waals surface area contributed by atoms with Crippen molar-refractivity contribution in [2.24, 2.45) is 0 Å². The van der Waals surface area contributed by atoms with E-state index in [-0.39, 0.29) is 5.78 Å². The molecular formula is C14H13BrN2O. The Bertz CT molecular complexity index is 552. The molecule has 0 aliphatic carbocycles. The summed E-state index contributed by atoms with van der Waals surface area (Å²) >= 11 is 3.40. The molecule has 1 heterocycles. The highest BCUT2D eigenvalue weighted by atomic mass is 79.9. The third-order valence-corrected chi connectivity index (χ3v) is 3.07. The quantitative estimate of drug-likeness (QED) is 0.869. The molecule has 1 aromatic heterocycles. The summed E-state index contributed by atoms with van der Waals surface area (Å²) in [4.78, 5) is 19.6. The van der Waals surface area contributed by atoms with Crippen molar-refractivity contribution in [3.05, 3.63) is 46.8 Å². The van der Waals surface area contributed by atoms with Crippen LogP contribution in [0.4, 0.5) is 0 Å². The normalized spacial score (nSPS) is 10.3. The Morgan fingerprint density at radius 1 is 1.22 bits per heavy atom. The van der Waals surface area contributed by atoms with E-state index in [1.54, 1.807) is 13.1 Å². The molecule has 18 heavy (non-hydrogen) atoms. The molecule has 0 unspecified atom stereocenters. The first-order chi connectivity index (χ1) is 8.65. The molecule has 0 saturated carbocycles. The van der Waals surface area contributed by atoms with E-state index in [9.17, 15) is 4.79 Å². The molecule has 0 spiro atoms. The minimum atomic E-state index is 0.160. The SMILES string of the molecule is CC(=O)CCc1nccc(-c2ccc(Br)cc2)n1. The molecule has 2 rings (SSSR count). The summed E-state index contributed by atoms with van der Waals surface area (Å²) in [5, 5.41) is 0. The monoisotopic (exact) mass is 304 g/mol. The molecule has 0 amide bonds. The van der Waals surface area contributed by atoms with Gasteiger partial charge in [-0.15, -0.1) is 0 Å². The number of rotatable bonds is 4. The predicted octanol–water partition coefficient (Wildman–Crippen LogP) is 3.43. The molecule has 0 atom stereocenters. The van der Waals surface area contributed by atoms with E-state index in [1.807, 2.05) is 30.3 Å². The number of hydrogen-bond donors (Lipinski definition) is 0. The largest absolute Gasteiger partial charge is 0.300 e. The maximum atomic E-state index is 10.9. The summed E-state index contributed by atoms with van der Waals surface area (Å²) in [7, 11) is 0. The second kappa shape index (κ2) is 5.87. The molecule has 2 aromatic rings. The fourth-order valence-corrected chi connectivity index (χ4v) is 1.85. The summed E-state index contributed by atoms with van der Waals surface area (Å²) in [6.45, 7) is 1.58. The molecule has 0 bridgehead atoms. The first kappa shape index (κ1) is 12.9. The number of benzene rings is 1. The Morgan fingerprint density at radius 2 is 1.94 bits per heavy atom. The standard InChI is InChI=1S/C14H13BrN2O/c1-10(18)2-7-14-16-9-8-13(17-14)11-3-5-12(15)6-4-11/h3-6,8-9H,2,7H2,1H3. The molecule has 1 aromatic carbocycles. The second-order valence-electron chi connectivity index (χ2n) is 4.07. The maximum Gasteiger partial charge on any atom is 0.130 e. The van der Waals surface area contributed by atoms with Gasteiger partial charge in [-0.1, -0.05) is 28.1 Å². The van der Waals surface area contributed by atoms with Crippen LogP contribution in [0.15, 0.2) is 41.0 Å². The van der Waals surface area contributed by atoms with Gasteiger partial charge < -0.3 is 4.79 Å². The highest BCUT2D eigenvalue weighted by molar-refractivity contribution is 9.10. The number of hydrogen-bond acceptors (Lipinski definition) is 3. The zero-order chi connectivity index (χ0) is 13.0. The molecule has 0 aliphatic rings. The zero-order valence-electron chi connectivity index (χ0n) is 10.1. The van der Waals surface area contributed by atoms with Crippen LogP contribution in [0.25, 0.3) is 11.3 Å². The van der Waals surface area contributed by atoms with Crippen molar-refractivity contribution in [2.45, 2.75) is 19.8 Å². The number of ketones is 1. The van der Waals surface area contributed by atoms with Crippen molar-refractivity contribution >= 4 is 21.7 Å². The number of nitrogens with zero attached hydrogens (tertiary/aromatic N) is 2. The fraction of sp³-hybridized carbons (Fsp3) is 0.214. The van der Waals surface area contributed by atoms with Crippen LogP contribution >= 0.6 is 15.9 Å². The fourth-order valence-electron chi connectivity index (χ4n) is 1.59. The van der Waals surface area contributed by atoms with E-state index in [4.69, 9.17) is 0 Å². The van der Waals surface area contributed by atoms with Crippen molar-refractivity contribution in [1.82, 2.24) is 9.97 Å². The lowest BCUT2D eigenvalue weighted by molar-refractivity contribution is -0.117. The number of aromatic nitrogens is 2. The number of halogens is 1. The third-order valence-electron chi connectivity index (χ3n) is 2.55. The highest BCUT2D eigenvalue weighted by Gasteiger charge is 2.03. The van der Waals surface area contributed by atoms with Crippen LogP contribution in [0.3, 0.4) is 0 Å². The van der Waals surface area contributed by atoms with Gasteiger partial charge in [0.2, 0.25) is 0 Å². The van der Waals surface area contributed by atoms with Gasteiger partial charge >= 0.3 is 0 Å². The first-order valence-electron chi connectivity index (χ1n) is 5.72. The Morgan fingerprint density at radius 3 is 2.61 bits per heavy atom. The van der Waals surface area contributed by atoms with E-state index in [2.05, 4.69) is 25.9 Å². The van der Waals surface area contributed by atoms with Crippen LogP contribution in [0.2, 0.25) is 0 Å². The van der Waals surface area contributed by atoms with Gasteiger partial charge in [0.15, 0.2) is 0 Å². The summed E-state index contributed by atoms with van der Waals surface area (Å²) in [5.41, 5.74) is 1.93. The van der Waals surface area contributed by atoms with Crippen LogP contribution < -0.4 is 0 Å². The van der Waals surface area contributed by atoms with E-state index >= 15 is 0 Å². The van der Waals surface area contributed by atoms with E-state index in [1.165, 1.54) is 0 Å². The van der Waals surface area contributed by atoms with Gasteiger partial charge in [0.25, 0.3) is 0 Å². The van der Waals surface area contributed by atoms with Gasteiger partial charge in [0, 0.05) is 29.1 Å². The summed E-state index contributed by atoms with van der Waals surface area (Å²) in [6.07, 6.45) is 2.82. The van der Waals surface area contributed by atoms with Crippen LogP contribution in [0.5, 0.6) is 0 Å². The molecule has 0 radical (unpaired) electrons. The van der Waals surface area contributed by atoms with Crippen LogP contribution in [-0.4, -0.2) is 15.8 Å². The number of aryl methyl sites for hydroxylation is 1.